The monoisotopic (exact) mass is 424 g/mol. The van der Waals surface area contributed by atoms with Gasteiger partial charge in [-0.1, -0.05) is 0 Å². The minimum absolute atomic E-state index is 0.0821. The van der Waals surface area contributed by atoms with Gasteiger partial charge in [0.2, 0.25) is 5.91 Å². The molecule has 1 fully saturated rings. The molecule has 1 amide bonds. The number of halogens is 2. The lowest BCUT2D eigenvalue weighted by molar-refractivity contribution is -0.118. The van der Waals surface area contributed by atoms with Crippen LogP contribution in [0.15, 0.2) is 41.4 Å². The van der Waals surface area contributed by atoms with Crippen molar-refractivity contribution in [1.82, 2.24) is 4.98 Å². The van der Waals surface area contributed by atoms with Crippen molar-refractivity contribution in [2.24, 2.45) is 11.7 Å². The first kappa shape index (κ1) is 21.0. The Morgan fingerprint density at radius 2 is 2.03 bits per heavy atom. The fourth-order valence-electron chi connectivity index (χ4n) is 3.35. The lowest BCUT2D eigenvalue weighted by Gasteiger charge is -2.33. The Hall–Kier alpha value is -2.75. The summed E-state index contributed by atoms with van der Waals surface area (Å²) in [6.45, 7) is 1.51. The van der Waals surface area contributed by atoms with Gasteiger partial charge in [0.1, 0.15) is 10.7 Å². The number of carbonyl (C=O) groups excluding carboxylic acids is 1. The Morgan fingerprint density at radius 3 is 2.69 bits per heavy atom. The van der Waals surface area contributed by atoms with E-state index in [1.807, 2.05) is 4.90 Å². The van der Waals surface area contributed by atoms with Crippen LogP contribution in [0.5, 0.6) is 0 Å². The van der Waals surface area contributed by atoms with Gasteiger partial charge < -0.3 is 10.6 Å². The van der Waals surface area contributed by atoms with Gasteiger partial charge in [-0.15, -0.1) is 0 Å². The molecule has 3 N–H and O–H groups in total. The molecule has 156 valence electrons. The third-order valence-electron chi connectivity index (χ3n) is 4.84. The maximum absolute atomic E-state index is 13.3. The lowest BCUT2D eigenvalue weighted by atomic mass is 9.93. The number of nitrogens with one attached hydrogen (secondary N) is 1. The van der Waals surface area contributed by atoms with Crippen LogP contribution in [0.1, 0.15) is 25.7 Å². The Kier molecular flexibility index (Phi) is 6.31. The summed E-state index contributed by atoms with van der Waals surface area (Å²) >= 11 is 0. The van der Waals surface area contributed by atoms with Crippen molar-refractivity contribution < 1.29 is 22.0 Å². The molecular formula is C19H22F2N4O3S. The number of hydrogen-bond acceptors (Lipinski definition) is 5. The molecule has 1 aliphatic heterocycles. The molecule has 1 atom stereocenters. The smallest absolute Gasteiger partial charge is 0.263 e. The molecule has 1 saturated heterocycles. The van der Waals surface area contributed by atoms with Crippen molar-refractivity contribution >= 4 is 27.4 Å². The fourth-order valence-corrected chi connectivity index (χ4v) is 4.34. The molecule has 0 spiro atoms. The zero-order chi connectivity index (χ0) is 21.0. The number of rotatable bonds is 7. The number of aromatic nitrogens is 1. The maximum atomic E-state index is 13.3. The van der Waals surface area contributed by atoms with Gasteiger partial charge in [-0.05, 0) is 49.4 Å². The number of nitrogens with zero attached hydrogens (tertiary/aromatic N) is 2. The molecule has 0 radical (unpaired) electrons. The van der Waals surface area contributed by atoms with E-state index in [0.29, 0.717) is 18.2 Å². The molecule has 2 aromatic rings. The Balaban J connectivity index is 1.68. The second-order valence-electron chi connectivity index (χ2n) is 7.05. The molecule has 1 unspecified atom stereocenters. The summed E-state index contributed by atoms with van der Waals surface area (Å²) in [5.74, 6) is -1.55. The van der Waals surface area contributed by atoms with E-state index in [1.165, 1.54) is 12.3 Å². The summed E-state index contributed by atoms with van der Waals surface area (Å²) in [7, 11) is -3.99. The summed E-state index contributed by atoms with van der Waals surface area (Å²) in [5.41, 5.74) is 5.13. The number of hydrogen-bond donors (Lipinski definition) is 2. The van der Waals surface area contributed by atoms with E-state index in [-0.39, 0.29) is 16.5 Å². The van der Waals surface area contributed by atoms with Gasteiger partial charge in [0.25, 0.3) is 10.0 Å². The molecule has 7 nitrogen and oxygen atoms in total. The maximum Gasteiger partial charge on any atom is 0.263 e. The van der Waals surface area contributed by atoms with E-state index in [2.05, 4.69) is 9.71 Å². The second kappa shape index (κ2) is 8.73. The summed E-state index contributed by atoms with van der Waals surface area (Å²) in [4.78, 5) is 17.2. The topological polar surface area (TPSA) is 105 Å². The van der Waals surface area contributed by atoms with Gasteiger partial charge in [-0.25, -0.2) is 22.2 Å². The van der Waals surface area contributed by atoms with Gasteiger partial charge in [0, 0.05) is 31.8 Å². The molecule has 0 saturated carbocycles. The second-order valence-corrected chi connectivity index (χ2v) is 8.73. The number of nitrogens with two attached hydrogens (primary N) is 1. The van der Waals surface area contributed by atoms with Gasteiger partial charge in [0.15, 0.2) is 11.6 Å². The number of piperidine rings is 1. The van der Waals surface area contributed by atoms with Gasteiger partial charge >= 0.3 is 0 Å². The van der Waals surface area contributed by atoms with Crippen molar-refractivity contribution in [3.05, 3.63) is 48.2 Å². The van der Waals surface area contributed by atoms with Crippen molar-refractivity contribution in [1.29, 1.82) is 0 Å². The third-order valence-corrected chi connectivity index (χ3v) is 6.21. The first-order chi connectivity index (χ1) is 13.7. The highest BCUT2D eigenvalue weighted by Crippen LogP contribution is 2.25. The summed E-state index contributed by atoms with van der Waals surface area (Å²) in [6.07, 6.45) is 4.25. The van der Waals surface area contributed by atoms with E-state index in [4.69, 9.17) is 5.73 Å². The average molecular weight is 424 g/mol. The van der Waals surface area contributed by atoms with Crippen LogP contribution in [0.25, 0.3) is 0 Å². The molecule has 1 aliphatic rings. The number of carbonyl (C=O) groups is 1. The normalized spacial score (nSPS) is 17.2. The number of benzene rings is 1. The zero-order valence-corrected chi connectivity index (χ0v) is 16.5. The summed E-state index contributed by atoms with van der Waals surface area (Å²) in [6, 6.07) is 5.78. The first-order valence-corrected chi connectivity index (χ1v) is 10.7. The van der Waals surface area contributed by atoms with Crippen LogP contribution in [0, 0.1) is 17.6 Å². The fraction of sp³-hybridized carbons (Fsp3) is 0.368. The van der Waals surface area contributed by atoms with E-state index in [1.54, 1.807) is 6.07 Å². The molecule has 3 rings (SSSR count). The standard InChI is InChI=1S/C19H22F2N4O3S/c20-16-6-4-14(10-17(16)21)24-29(27,28)15-5-8-19(23-11-15)25-9-1-2-13(12-25)3-7-18(22)26/h4-6,8,10-11,13,24H,1-3,7,9,12H2,(H2,22,26). The minimum Gasteiger partial charge on any atom is -0.370 e. The largest absolute Gasteiger partial charge is 0.370 e. The highest BCUT2D eigenvalue weighted by Gasteiger charge is 2.22. The summed E-state index contributed by atoms with van der Waals surface area (Å²) < 4.78 is 53.4. The summed E-state index contributed by atoms with van der Waals surface area (Å²) in [5, 5.41) is 0. The van der Waals surface area contributed by atoms with Crippen LogP contribution in [0.3, 0.4) is 0 Å². The van der Waals surface area contributed by atoms with Crippen LogP contribution in [0.4, 0.5) is 20.3 Å². The number of amides is 1. The number of sulfonamides is 1. The molecule has 29 heavy (non-hydrogen) atoms. The first-order valence-electron chi connectivity index (χ1n) is 9.22. The van der Waals surface area contributed by atoms with Crippen LogP contribution < -0.4 is 15.4 Å². The number of pyridine rings is 1. The van der Waals surface area contributed by atoms with Gasteiger partial charge in [-0.2, -0.15) is 0 Å². The zero-order valence-electron chi connectivity index (χ0n) is 15.6. The van der Waals surface area contributed by atoms with Crippen molar-refractivity contribution in [2.45, 2.75) is 30.6 Å². The SMILES string of the molecule is NC(=O)CCC1CCCN(c2ccc(S(=O)(=O)Nc3ccc(F)c(F)c3)cn2)C1. The lowest BCUT2D eigenvalue weighted by Crippen LogP contribution is -2.36. The predicted octanol–water partition coefficient (Wildman–Crippen LogP) is 2.64. The highest BCUT2D eigenvalue weighted by molar-refractivity contribution is 7.92. The van der Waals surface area contributed by atoms with E-state index < -0.39 is 21.7 Å². The Labute approximate surface area is 168 Å². The third kappa shape index (κ3) is 5.41. The quantitative estimate of drug-likeness (QED) is 0.711. The van der Waals surface area contributed by atoms with Crippen LogP contribution in [0.2, 0.25) is 0 Å². The molecule has 0 aliphatic carbocycles. The van der Waals surface area contributed by atoms with Crippen LogP contribution >= 0.6 is 0 Å². The molecule has 10 heteroatoms. The van der Waals surface area contributed by atoms with Crippen molar-refractivity contribution in [2.75, 3.05) is 22.7 Å². The van der Waals surface area contributed by atoms with Crippen LogP contribution in [-0.4, -0.2) is 32.4 Å². The Bertz CT molecular complexity index is 983. The number of anilines is 2. The molecule has 0 bridgehead atoms. The molecule has 1 aromatic heterocycles. The minimum atomic E-state index is -3.99. The molecule has 2 heterocycles. The number of primary amides is 1. The molecule has 1 aromatic carbocycles. The van der Waals surface area contributed by atoms with Crippen LogP contribution in [-0.2, 0) is 14.8 Å². The Morgan fingerprint density at radius 1 is 1.24 bits per heavy atom. The van der Waals surface area contributed by atoms with Gasteiger partial charge in [-0.3, -0.25) is 9.52 Å². The van der Waals surface area contributed by atoms with Crippen molar-refractivity contribution in [3.8, 4) is 0 Å². The van der Waals surface area contributed by atoms with Gasteiger partial charge in [0.05, 0.1) is 5.69 Å². The predicted molar refractivity (Wildman–Crippen MR) is 105 cm³/mol. The van der Waals surface area contributed by atoms with E-state index in [0.717, 1.165) is 50.6 Å². The van der Waals surface area contributed by atoms with E-state index >= 15 is 0 Å². The van der Waals surface area contributed by atoms with E-state index in [9.17, 15) is 22.0 Å². The highest BCUT2D eigenvalue weighted by atomic mass is 32.2. The van der Waals surface area contributed by atoms with Crippen molar-refractivity contribution in [3.63, 3.8) is 0 Å². The average Bonchev–Trinajstić information content (AvgIpc) is 2.69. The molecular weight excluding hydrogens is 402 g/mol.